The van der Waals surface area contributed by atoms with Crippen molar-refractivity contribution >= 4 is 17.8 Å². The highest BCUT2D eigenvalue weighted by molar-refractivity contribution is 5.91. The highest BCUT2D eigenvalue weighted by Crippen LogP contribution is 2.16. The van der Waals surface area contributed by atoms with E-state index in [1.54, 1.807) is 24.3 Å². The summed E-state index contributed by atoms with van der Waals surface area (Å²) in [5.74, 6) is -1.06. The standard InChI is InChI=1S/C16H20N2O6/c1-11(19)17-18-15(20)10-24-16(21)12-4-6-13(7-5-12)23-9-14-3-2-8-22-14/h4-7,14H,2-3,8-10H2,1H3,(H,17,19)(H,18,20)/t14-/m1/s1. The van der Waals surface area contributed by atoms with Crippen LogP contribution in [0.4, 0.5) is 0 Å². The van der Waals surface area contributed by atoms with E-state index in [0.717, 1.165) is 19.4 Å². The Morgan fingerprint density at radius 1 is 1.21 bits per heavy atom. The van der Waals surface area contributed by atoms with Gasteiger partial charge in [0.2, 0.25) is 5.91 Å². The Hall–Kier alpha value is -2.61. The van der Waals surface area contributed by atoms with Gasteiger partial charge in [0, 0.05) is 13.5 Å². The molecule has 2 rings (SSSR count). The number of carbonyl (C=O) groups is 3. The van der Waals surface area contributed by atoms with Crippen molar-refractivity contribution in [2.75, 3.05) is 19.8 Å². The molecular formula is C16H20N2O6. The average Bonchev–Trinajstić information content (AvgIpc) is 3.10. The van der Waals surface area contributed by atoms with Crippen LogP contribution in [0, 0.1) is 0 Å². The van der Waals surface area contributed by atoms with Crippen molar-refractivity contribution < 1.29 is 28.6 Å². The Morgan fingerprint density at radius 3 is 2.58 bits per heavy atom. The molecule has 1 fully saturated rings. The maximum atomic E-state index is 11.8. The molecule has 0 spiro atoms. The number of nitrogens with one attached hydrogen (secondary N) is 2. The number of carbonyl (C=O) groups excluding carboxylic acids is 3. The third-order valence-electron chi connectivity index (χ3n) is 3.26. The van der Waals surface area contributed by atoms with Crippen LogP contribution in [0.15, 0.2) is 24.3 Å². The van der Waals surface area contributed by atoms with E-state index in [0.29, 0.717) is 17.9 Å². The molecule has 2 amide bonds. The van der Waals surface area contributed by atoms with Crippen LogP contribution in [0.1, 0.15) is 30.1 Å². The summed E-state index contributed by atoms with van der Waals surface area (Å²) in [5.41, 5.74) is 4.49. The smallest absolute Gasteiger partial charge is 0.338 e. The van der Waals surface area contributed by atoms with Gasteiger partial charge in [0.15, 0.2) is 6.61 Å². The van der Waals surface area contributed by atoms with Gasteiger partial charge in [-0.15, -0.1) is 0 Å². The summed E-state index contributed by atoms with van der Waals surface area (Å²) in [6.45, 7) is 2.01. The maximum absolute atomic E-state index is 11.8. The Labute approximate surface area is 139 Å². The fraction of sp³-hybridized carbons (Fsp3) is 0.438. The van der Waals surface area contributed by atoms with Gasteiger partial charge in [0.25, 0.3) is 5.91 Å². The highest BCUT2D eigenvalue weighted by atomic mass is 16.5. The summed E-state index contributed by atoms with van der Waals surface area (Å²) >= 11 is 0. The van der Waals surface area contributed by atoms with Crippen molar-refractivity contribution in [3.05, 3.63) is 29.8 Å². The molecule has 0 aliphatic carbocycles. The second kappa shape index (κ2) is 8.88. The lowest BCUT2D eigenvalue weighted by atomic mass is 10.2. The van der Waals surface area contributed by atoms with Crippen molar-refractivity contribution in [3.8, 4) is 5.75 Å². The van der Waals surface area contributed by atoms with E-state index in [2.05, 4.69) is 10.9 Å². The summed E-state index contributed by atoms with van der Waals surface area (Å²) in [6, 6.07) is 6.42. The Bertz CT molecular complexity index is 581. The van der Waals surface area contributed by atoms with Gasteiger partial charge in [-0.3, -0.25) is 20.4 Å². The molecule has 0 aromatic heterocycles. The number of ether oxygens (including phenoxy) is 3. The summed E-state index contributed by atoms with van der Waals surface area (Å²) in [6.07, 6.45) is 2.16. The fourth-order valence-electron chi connectivity index (χ4n) is 2.06. The number of hydrogen-bond donors (Lipinski definition) is 2. The first-order valence-electron chi connectivity index (χ1n) is 7.61. The van der Waals surface area contributed by atoms with Crippen LogP contribution in [0.25, 0.3) is 0 Å². The van der Waals surface area contributed by atoms with Crippen LogP contribution < -0.4 is 15.6 Å². The Balaban J connectivity index is 1.73. The lowest BCUT2D eigenvalue weighted by Gasteiger charge is -2.11. The van der Waals surface area contributed by atoms with Crippen LogP contribution in [-0.4, -0.2) is 43.7 Å². The zero-order valence-corrected chi connectivity index (χ0v) is 13.4. The number of rotatable bonds is 6. The molecule has 0 unspecified atom stereocenters. The molecule has 2 N–H and O–H groups in total. The molecule has 0 saturated carbocycles. The van der Waals surface area contributed by atoms with Gasteiger partial charge in [0.1, 0.15) is 12.4 Å². The van der Waals surface area contributed by atoms with E-state index in [9.17, 15) is 14.4 Å². The van der Waals surface area contributed by atoms with Gasteiger partial charge in [0.05, 0.1) is 11.7 Å². The van der Waals surface area contributed by atoms with Crippen molar-refractivity contribution in [2.45, 2.75) is 25.9 Å². The molecule has 1 atom stereocenters. The van der Waals surface area contributed by atoms with E-state index >= 15 is 0 Å². The first-order chi connectivity index (χ1) is 11.5. The predicted octanol–water partition coefficient (Wildman–Crippen LogP) is 0.569. The second-order valence-corrected chi connectivity index (χ2v) is 5.28. The van der Waals surface area contributed by atoms with Gasteiger partial charge >= 0.3 is 5.97 Å². The van der Waals surface area contributed by atoms with Crippen molar-refractivity contribution in [2.24, 2.45) is 0 Å². The average molecular weight is 336 g/mol. The lowest BCUT2D eigenvalue weighted by Crippen LogP contribution is -2.42. The van der Waals surface area contributed by atoms with Crippen LogP contribution in [0.2, 0.25) is 0 Å². The Kier molecular flexibility index (Phi) is 6.56. The van der Waals surface area contributed by atoms with Crippen LogP contribution in [0.3, 0.4) is 0 Å². The third kappa shape index (κ3) is 5.88. The zero-order valence-electron chi connectivity index (χ0n) is 13.4. The second-order valence-electron chi connectivity index (χ2n) is 5.28. The molecule has 1 aliphatic heterocycles. The van der Waals surface area contributed by atoms with Gasteiger partial charge in [-0.2, -0.15) is 0 Å². The maximum Gasteiger partial charge on any atom is 0.338 e. The molecule has 0 bridgehead atoms. The van der Waals surface area contributed by atoms with Crippen LogP contribution in [-0.2, 0) is 19.1 Å². The molecule has 1 aliphatic rings. The highest BCUT2D eigenvalue weighted by Gasteiger charge is 2.16. The first kappa shape index (κ1) is 17.7. The zero-order chi connectivity index (χ0) is 17.4. The fourth-order valence-corrected chi connectivity index (χ4v) is 2.06. The molecule has 24 heavy (non-hydrogen) atoms. The molecular weight excluding hydrogens is 316 g/mol. The molecule has 8 heteroatoms. The summed E-state index contributed by atoms with van der Waals surface area (Å²) in [7, 11) is 0. The minimum atomic E-state index is -0.640. The van der Waals surface area contributed by atoms with Gasteiger partial charge in [-0.1, -0.05) is 0 Å². The molecule has 130 valence electrons. The molecule has 0 radical (unpaired) electrons. The van der Waals surface area contributed by atoms with Crippen molar-refractivity contribution in [3.63, 3.8) is 0 Å². The first-order valence-corrected chi connectivity index (χ1v) is 7.61. The van der Waals surface area contributed by atoms with E-state index < -0.39 is 24.4 Å². The molecule has 8 nitrogen and oxygen atoms in total. The quantitative estimate of drug-likeness (QED) is 0.581. The monoisotopic (exact) mass is 336 g/mol. The van der Waals surface area contributed by atoms with Crippen LogP contribution in [0.5, 0.6) is 5.75 Å². The third-order valence-corrected chi connectivity index (χ3v) is 3.26. The molecule has 1 aromatic rings. The summed E-state index contributed by atoms with van der Waals surface area (Å²) in [4.78, 5) is 33.8. The minimum absolute atomic E-state index is 0.122. The summed E-state index contributed by atoms with van der Waals surface area (Å²) < 4.78 is 15.9. The largest absolute Gasteiger partial charge is 0.491 e. The van der Waals surface area contributed by atoms with Gasteiger partial charge in [-0.05, 0) is 37.1 Å². The number of hydrazine groups is 1. The van der Waals surface area contributed by atoms with E-state index in [1.807, 2.05) is 0 Å². The van der Waals surface area contributed by atoms with Crippen molar-refractivity contribution in [1.29, 1.82) is 0 Å². The lowest BCUT2D eigenvalue weighted by molar-refractivity contribution is -0.129. The number of benzene rings is 1. The number of hydrogen-bond acceptors (Lipinski definition) is 6. The Morgan fingerprint density at radius 2 is 1.96 bits per heavy atom. The van der Waals surface area contributed by atoms with E-state index in [1.165, 1.54) is 6.92 Å². The van der Waals surface area contributed by atoms with Gasteiger partial charge in [-0.25, -0.2) is 4.79 Å². The summed E-state index contributed by atoms with van der Waals surface area (Å²) in [5, 5.41) is 0. The van der Waals surface area contributed by atoms with E-state index in [4.69, 9.17) is 14.2 Å². The van der Waals surface area contributed by atoms with Gasteiger partial charge < -0.3 is 14.2 Å². The SMILES string of the molecule is CC(=O)NNC(=O)COC(=O)c1ccc(OC[C@H]2CCCO2)cc1. The predicted molar refractivity (Wildman–Crippen MR) is 83.2 cm³/mol. The van der Waals surface area contributed by atoms with Crippen LogP contribution >= 0.6 is 0 Å². The number of amides is 2. The minimum Gasteiger partial charge on any atom is -0.491 e. The molecule has 1 heterocycles. The van der Waals surface area contributed by atoms with E-state index in [-0.39, 0.29) is 6.10 Å². The number of esters is 1. The topological polar surface area (TPSA) is 103 Å². The molecule has 1 saturated heterocycles. The van der Waals surface area contributed by atoms with Crippen molar-refractivity contribution in [1.82, 2.24) is 10.9 Å². The molecule has 1 aromatic carbocycles. The normalized spacial score (nSPS) is 16.3.